The number of aromatic hydroxyl groups is 1. The molecule has 1 aromatic carbocycles. The molecule has 0 heterocycles. The lowest BCUT2D eigenvalue weighted by atomic mass is 10.0. The summed E-state index contributed by atoms with van der Waals surface area (Å²) in [6.45, 7) is 3.56. The van der Waals surface area contributed by atoms with E-state index < -0.39 is 0 Å². The summed E-state index contributed by atoms with van der Waals surface area (Å²) in [6.07, 6.45) is 1.44. The van der Waals surface area contributed by atoms with Gasteiger partial charge in [0.05, 0.1) is 16.8 Å². The van der Waals surface area contributed by atoms with Crippen molar-refractivity contribution < 1.29 is 18.8 Å². The molecular formula is C13H16O4S. The fourth-order valence-electron chi connectivity index (χ4n) is 1.68. The van der Waals surface area contributed by atoms with E-state index in [1.54, 1.807) is 6.07 Å². The van der Waals surface area contributed by atoms with Crippen molar-refractivity contribution in [2.45, 2.75) is 26.7 Å². The van der Waals surface area contributed by atoms with E-state index >= 15 is 0 Å². The fourth-order valence-corrected chi connectivity index (χ4v) is 1.80. The Kier molecular flexibility index (Phi) is 5.58. The summed E-state index contributed by atoms with van der Waals surface area (Å²) in [5.41, 5.74) is 0.919. The van der Waals surface area contributed by atoms with Crippen molar-refractivity contribution in [2.75, 3.05) is 6.61 Å². The minimum atomic E-state index is -0.182. The Bertz CT molecular complexity index is 490. The highest BCUT2D eigenvalue weighted by atomic mass is 32.1. The number of rotatable bonds is 6. The first-order valence-electron chi connectivity index (χ1n) is 5.70. The number of phenolic OH excluding ortho intramolecular Hbond substituents is 1. The quantitative estimate of drug-likeness (QED) is 0.632. The largest absolute Gasteiger partial charge is 0.507 e. The third kappa shape index (κ3) is 3.43. The number of hydrogen-bond donors (Lipinski definition) is 1. The van der Waals surface area contributed by atoms with Crippen LogP contribution in [0.3, 0.4) is 0 Å². The third-order valence-corrected chi connectivity index (χ3v) is 2.77. The summed E-state index contributed by atoms with van der Waals surface area (Å²) >= 11 is 0.336. The summed E-state index contributed by atoms with van der Waals surface area (Å²) < 4.78 is 15.6. The lowest BCUT2D eigenvalue weighted by Crippen LogP contribution is -2.04. The molecule has 0 aromatic heterocycles. The van der Waals surface area contributed by atoms with Crippen molar-refractivity contribution in [2.24, 2.45) is 0 Å². The van der Waals surface area contributed by atoms with Crippen molar-refractivity contribution in [1.82, 2.24) is 0 Å². The average molecular weight is 268 g/mol. The highest BCUT2D eigenvalue weighted by Crippen LogP contribution is 2.32. The highest BCUT2D eigenvalue weighted by Gasteiger charge is 2.15. The third-order valence-electron chi connectivity index (χ3n) is 2.49. The monoisotopic (exact) mass is 268 g/mol. The first-order chi connectivity index (χ1) is 8.61. The Morgan fingerprint density at radius 3 is 2.78 bits per heavy atom. The molecule has 4 nitrogen and oxygen atoms in total. The van der Waals surface area contributed by atoms with Crippen molar-refractivity contribution in [3.05, 3.63) is 23.3 Å². The minimum absolute atomic E-state index is 0.0170. The van der Waals surface area contributed by atoms with Gasteiger partial charge in [0.15, 0.2) is 5.78 Å². The summed E-state index contributed by atoms with van der Waals surface area (Å²) in [4.78, 5) is 11.3. The Balaban J connectivity index is 3.13. The van der Waals surface area contributed by atoms with Gasteiger partial charge in [0.25, 0.3) is 0 Å². The molecule has 98 valence electrons. The van der Waals surface area contributed by atoms with E-state index in [-0.39, 0.29) is 18.1 Å². The molecular weight excluding hydrogens is 252 g/mol. The number of carbonyl (C=O) groups is 1. The molecule has 0 aliphatic rings. The molecule has 0 amide bonds. The van der Waals surface area contributed by atoms with Gasteiger partial charge in [-0.15, -0.1) is 0 Å². The van der Waals surface area contributed by atoms with Crippen LogP contribution in [-0.2, 0) is 17.7 Å². The predicted molar refractivity (Wildman–Crippen MR) is 71.8 cm³/mol. The van der Waals surface area contributed by atoms with Crippen LogP contribution < -0.4 is 4.74 Å². The number of carbonyl (C=O) groups excluding carboxylic acids is 1. The Labute approximate surface area is 110 Å². The molecule has 0 fully saturated rings. The van der Waals surface area contributed by atoms with Crippen LogP contribution in [0, 0.1) is 0 Å². The second kappa shape index (κ2) is 6.96. The standard InChI is InChI=1S/C13H16O4S/c1-3-4-11-12(17-7-8-18-16)6-5-10(9(2)14)13(11)15/h5-6,8,15H,3-4,7H2,1-2H3. The zero-order valence-corrected chi connectivity index (χ0v) is 11.3. The van der Waals surface area contributed by atoms with Gasteiger partial charge in [-0.3, -0.25) is 4.79 Å². The van der Waals surface area contributed by atoms with Gasteiger partial charge in [-0.1, -0.05) is 13.3 Å². The van der Waals surface area contributed by atoms with Crippen molar-refractivity contribution in [3.63, 3.8) is 0 Å². The van der Waals surface area contributed by atoms with Crippen molar-refractivity contribution in [1.29, 1.82) is 0 Å². The first kappa shape index (κ1) is 14.4. The van der Waals surface area contributed by atoms with Gasteiger partial charge in [0.1, 0.15) is 18.1 Å². The van der Waals surface area contributed by atoms with E-state index in [4.69, 9.17) is 4.74 Å². The predicted octanol–water partition coefficient (Wildman–Crippen LogP) is 1.94. The molecule has 0 unspecified atom stereocenters. The molecule has 0 radical (unpaired) electrons. The van der Waals surface area contributed by atoms with E-state index in [0.29, 0.717) is 34.6 Å². The van der Waals surface area contributed by atoms with Crippen LogP contribution in [0.5, 0.6) is 11.5 Å². The minimum Gasteiger partial charge on any atom is -0.507 e. The summed E-state index contributed by atoms with van der Waals surface area (Å²) in [7, 11) is 0. The van der Waals surface area contributed by atoms with E-state index in [1.165, 1.54) is 18.4 Å². The number of phenols is 1. The van der Waals surface area contributed by atoms with Gasteiger partial charge in [-0.2, -0.15) is 0 Å². The maximum Gasteiger partial charge on any atom is 0.163 e. The number of ketones is 1. The van der Waals surface area contributed by atoms with Crippen LogP contribution in [0.1, 0.15) is 36.2 Å². The van der Waals surface area contributed by atoms with Crippen molar-refractivity contribution in [3.8, 4) is 11.5 Å². The second-order valence-electron chi connectivity index (χ2n) is 3.82. The van der Waals surface area contributed by atoms with Gasteiger partial charge in [-0.25, -0.2) is 4.21 Å². The van der Waals surface area contributed by atoms with Crippen LogP contribution in [0.4, 0.5) is 0 Å². The number of benzene rings is 1. The molecule has 1 aromatic rings. The lowest BCUT2D eigenvalue weighted by molar-refractivity contribution is 0.101. The molecule has 5 heteroatoms. The molecule has 0 saturated carbocycles. The van der Waals surface area contributed by atoms with E-state index in [9.17, 15) is 14.1 Å². The van der Waals surface area contributed by atoms with E-state index in [1.807, 2.05) is 6.92 Å². The second-order valence-corrected chi connectivity index (χ2v) is 4.34. The molecule has 0 saturated heterocycles. The van der Waals surface area contributed by atoms with E-state index in [0.717, 1.165) is 6.42 Å². The molecule has 0 aliphatic carbocycles. The molecule has 0 atom stereocenters. The molecule has 0 spiro atoms. The van der Waals surface area contributed by atoms with Gasteiger partial charge in [-0.05, 0) is 25.5 Å². The Hall–Kier alpha value is -1.62. The topological polar surface area (TPSA) is 63.6 Å². The average Bonchev–Trinajstić information content (AvgIpc) is 2.33. The summed E-state index contributed by atoms with van der Waals surface area (Å²) in [6, 6.07) is 3.20. The van der Waals surface area contributed by atoms with Crippen molar-refractivity contribution >= 4 is 22.4 Å². The van der Waals surface area contributed by atoms with Gasteiger partial charge in [0.2, 0.25) is 0 Å². The van der Waals surface area contributed by atoms with Crippen LogP contribution >= 0.6 is 0 Å². The summed E-state index contributed by atoms with van der Waals surface area (Å²) in [5.74, 6) is 0.319. The molecule has 1 rings (SSSR count). The zero-order chi connectivity index (χ0) is 13.5. The Morgan fingerprint density at radius 2 is 2.22 bits per heavy atom. The van der Waals surface area contributed by atoms with Crippen LogP contribution in [0.2, 0.25) is 0 Å². The fraction of sp³-hybridized carbons (Fsp3) is 0.385. The maximum absolute atomic E-state index is 11.3. The first-order valence-corrected chi connectivity index (χ1v) is 6.51. The number of Topliss-reactive ketones (excluding diaryl/α,β-unsaturated/α-hetero) is 1. The molecule has 0 aliphatic heterocycles. The van der Waals surface area contributed by atoms with Gasteiger partial charge >= 0.3 is 0 Å². The zero-order valence-electron chi connectivity index (χ0n) is 10.4. The number of ether oxygens (including phenoxy) is 1. The smallest absolute Gasteiger partial charge is 0.163 e. The van der Waals surface area contributed by atoms with E-state index in [2.05, 4.69) is 0 Å². The number of hydrogen-bond acceptors (Lipinski definition) is 4. The highest BCUT2D eigenvalue weighted by molar-refractivity contribution is 7.64. The van der Waals surface area contributed by atoms with Crippen LogP contribution in [0.15, 0.2) is 12.1 Å². The van der Waals surface area contributed by atoms with Crippen LogP contribution in [0.25, 0.3) is 0 Å². The molecule has 0 bridgehead atoms. The van der Waals surface area contributed by atoms with Gasteiger partial charge in [0, 0.05) is 10.9 Å². The maximum atomic E-state index is 11.3. The summed E-state index contributed by atoms with van der Waals surface area (Å²) in [5, 5.41) is 11.4. The normalized spacial score (nSPS) is 9.89. The Morgan fingerprint density at radius 1 is 1.50 bits per heavy atom. The molecule has 18 heavy (non-hydrogen) atoms. The van der Waals surface area contributed by atoms with Crippen LogP contribution in [-0.4, -0.2) is 27.1 Å². The SMILES string of the molecule is CCCc1c(OCC=S=O)ccc(C(C)=O)c1O. The molecule has 1 N–H and O–H groups in total. The lowest BCUT2D eigenvalue weighted by Gasteiger charge is -2.13. The van der Waals surface area contributed by atoms with Gasteiger partial charge < -0.3 is 9.84 Å².